The lowest BCUT2D eigenvalue weighted by Crippen LogP contribution is -2.48. The second kappa shape index (κ2) is 6.62. The Bertz CT molecular complexity index is 813. The average molecular weight is 354 g/mol. The molecule has 26 heavy (non-hydrogen) atoms. The number of hydrogen-bond acceptors (Lipinski definition) is 5. The normalized spacial score (nSPS) is 18.7. The van der Waals surface area contributed by atoms with Crippen molar-refractivity contribution >= 4 is 23.5 Å². The summed E-state index contributed by atoms with van der Waals surface area (Å²) < 4.78 is 4.91. The molecular formula is C18H18N4O4. The Morgan fingerprint density at radius 1 is 1.08 bits per heavy atom. The highest BCUT2D eigenvalue weighted by molar-refractivity contribution is 6.19. The van der Waals surface area contributed by atoms with Crippen LogP contribution in [0.2, 0.25) is 0 Å². The van der Waals surface area contributed by atoms with E-state index >= 15 is 0 Å². The number of urea groups is 1. The van der Waals surface area contributed by atoms with Crippen molar-refractivity contribution in [3.8, 4) is 0 Å². The third-order valence-electron chi connectivity index (χ3n) is 4.85. The van der Waals surface area contributed by atoms with E-state index in [2.05, 4.69) is 5.16 Å². The first-order chi connectivity index (χ1) is 12.6. The fourth-order valence-corrected chi connectivity index (χ4v) is 3.50. The lowest BCUT2D eigenvalue weighted by molar-refractivity contribution is -0.116. The number of carbonyl (C=O) groups excluding carboxylic acids is 3. The molecule has 2 aliphatic rings. The number of likely N-dealkylation sites (tertiary alicyclic amines) is 1. The molecule has 0 saturated carbocycles. The van der Waals surface area contributed by atoms with Crippen LogP contribution < -0.4 is 4.90 Å². The first-order valence-corrected chi connectivity index (χ1v) is 8.53. The van der Waals surface area contributed by atoms with E-state index in [1.807, 2.05) is 6.07 Å². The Kier molecular flexibility index (Phi) is 4.16. The zero-order valence-corrected chi connectivity index (χ0v) is 14.1. The van der Waals surface area contributed by atoms with Crippen molar-refractivity contribution in [3.05, 3.63) is 48.4 Å². The monoisotopic (exact) mass is 354 g/mol. The number of hydrogen-bond donors (Lipinski definition) is 0. The highest BCUT2D eigenvalue weighted by atomic mass is 16.5. The quantitative estimate of drug-likeness (QED) is 0.784. The molecular weight excluding hydrogens is 336 g/mol. The van der Waals surface area contributed by atoms with Gasteiger partial charge in [-0.05, 0) is 25.0 Å². The summed E-state index contributed by atoms with van der Waals surface area (Å²) in [6.07, 6.45) is 2.69. The van der Waals surface area contributed by atoms with Gasteiger partial charge in [0.1, 0.15) is 6.54 Å². The van der Waals surface area contributed by atoms with E-state index in [0.29, 0.717) is 31.6 Å². The molecule has 2 aromatic rings. The van der Waals surface area contributed by atoms with Crippen LogP contribution in [0.1, 0.15) is 23.4 Å². The van der Waals surface area contributed by atoms with E-state index in [0.717, 1.165) is 0 Å². The van der Waals surface area contributed by atoms with Crippen molar-refractivity contribution < 1.29 is 18.9 Å². The van der Waals surface area contributed by atoms with Gasteiger partial charge in [-0.2, -0.15) is 0 Å². The molecule has 3 heterocycles. The van der Waals surface area contributed by atoms with Crippen LogP contribution >= 0.6 is 0 Å². The Balaban J connectivity index is 1.41. The molecule has 0 N–H and O–H groups in total. The summed E-state index contributed by atoms with van der Waals surface area (Å²) in [6.45, 7) is 1.09. The number of rotatable bonds is 3. The van der Waals surface area contributed by atoms with Gasteiger partial charge in [0.05, 0.1) is 11.9 Å². The molecule has 0 spiro atoms. The zero-order valence-electron chi connectivity index (χ0n) is 14.1. The molecule has 0 radical (unpaired) electrons. The molecule has 8 heteroatoms. The summed E-state index contributed by atoms with van der Waals surface area (Å²) in [4.78, 5) is 41.9. The molecule has 2 fully saturated rings. The number of nitrogens with zero attached hydrogens (tertiary/aromatic N) is 4. The summed E-state index contributed by atoms with van der Waals surface area (Å²) in [5.74, 6) is -0.205. The molecule has 134 valence electrons. The van der Waals surface area contributed by atoms with Crippen LogP contribution in [-0.2, 0) is 4.79 Å². The van der Waals surface area contributed by atoms with E-state index in [1.165, 1.54) is 17.2 Å². The number of amides is 4. The van der Waals surface area contributed by atoms with Crippen molar-refractivity contribution in [2.24, 2.45) is 0 Å². The first kappa shape index (κ1) is 16.3. The van der Waals surface area contributed by atoms with Crippen molar-refractivity contribution in [1.82, 2.24) is 15.0 Å². The molecule has 0 atom stereocenters. The van der Waals surface area contributed by atoms with Crippen LogP contribution in [0.4, 0.5) is 10.5 Å². The van der Waals surface area contributed by atoms with Gasteiger partial charge in [0.25, 0.3) is 11.8 Å². The summed E-state index contributed by atoms with van der Waals surface area (Å²) in [6, 6.07) is 10.1. The minimum atomic E-state index is -0.291. The standard InChI is InChI=1S/C18H18N4O4/c23-16-12-21(18(25)22(16)14-4-2-1-3-5-14)13-7-10-20(11-8-13)17(24)15-6-9-19-26-15/h1-6,9,13H,7-8,10-12H2. The second-order valence-corrected chi connectivity index (χ2v) is 6.38. The number of carbonyl (C=O) groups is 3. The summed E-state index contributed by atoms with van der Waals surface area (Å²) in [7, 11) is 0. The predicted octanol–water partition coefficient (Wildman–Crippen LogP) is 1.75. The van der Waals surface area contributed by atoms with Crippen molar-refractivity contribution in [2.75, 3.05) is 24.5 Å². The highest BCUT2D eigenvalue weighted by Crippen LogP contribution is 2.26. The molecule has 1 aromatic heterocycles. The molecule has 0 aliphatic carbocycles. The van der Waals surface area contributed by atoms with Crippen molar-refractivity contribution in [1.29, 1.82) is 0 Å². The third-order valence-corrected chi connectivity index (χ3v) is 4.85. The zero-order chi connectivity index (χ0) is 18.1. The minimum absolute atomic E-state index is 0.0565. The minimum Gasteiger partial charge on any atom is -0.351 e. The number of imide groups is 1. The Hall–Kier alpha value is -3.16. The van der Waals surface area contributed by atoms with Gasteiger partial charge in [-0.1, -0.05) is 23.4 Å². The lowest BCUT2D eigenvalue weighted by Gasteiger charge is -2.35. The van der Waals surface area contributed by atoms with Gasteiger partial charge in [-0.25, -0.2) is 9.69 Å². The van der Waals surface area contributed by atoms with Gasteiger partial charge in [-0.3, -0.25) is 9.59 Å². The largest absolute Gasteiger partial charge is 0.351 e. The first-order valence-electron chi connectivity index (χ1n) is 8.53. The average Bonchev–Trinajstić information content (AvgIpc) is 3.30. The number of piperidine rings is 1. The molecule has 0 unspecified atom stereocenters. The summed E-state index contributed by atoms with van der Waals surface area (Å²) >= 11 is 0. The maximum absolute atomic E-state index is 12.7. The van der Waals surface area contributed by atoms with Crippen LogP contribution in [0.3, 0.4) is 0 Å². The van der Waals surface area contributed by atoms with Gasteiger partial charge < -0.3 is 14.3 Å². The number of anilines is 1. The highest BCUT2D eigenvalue weighted by Gasteiger charge is 2.41. The van der Waals surface area contributed by atoms with Gasteiger partial charge >= 0.3 is 6.03 Å². The van der Waals surface area contributed by atoms with Gasteiger partial charge in [0, 0.05) is 25.2 Å². The Morgan fingerprint density at radius 2 is 1.81 bits per heavy atom. The lowest BCUT2D eigenvalue weighted by atomic mass is 10.0. The number of aromatic nitrogens is 1. The van der Waals surface area contributed by atoms with E-state index in [1.54, 1.807) is 34.1 Å². The van der Waals surface area contributed by atoms with E-state index in [4.69, 9.17) is 4.52 Å². The van der Waals surface area contributed by atoms with Crippen LogP contribution in [0.5, 0.6) is 0 Å². The Morgan fingerprint density at radius 3 is 2.46 bits per heavy atom. The van der Waals surface area contributed by atoms with Crippen molar-refractivity contribution in [3.63, 3.8) is 0 Å². The van der Waals surface area contributed by atoms with E-state index in [9.17, 15) is 14.4 Å². The van der Waals surface area contributed by atoms with Crippen LogP contribution in [0.15, 0.2) is 47.1 Å². The van der Waals surface area contributed by atoms with Crippen LogP contribution in [0.25, 0.3) is 0 Å². The molecule has 1 aromatic carbocycles. The Labute approximate surface area is 149 Å². The summed E-state index contributed by atoms with van der Waals surface area (Å²) in [5, 5.41) is 3.55. The summed E-state index contributed by atoms with van der Waals surface area (Å²) in [5.41, 5.74) is 0.586. The molecule has 4 rings (SSSR count). The number of para-hydroxylation sites is 1. The molecule has 2 saturated heterocycles. The molecule has 8 nitrogen and oxygen atoms in total. The van der Waals surface area contributed by atoms with Crippen molar-refractivity contribution in [2.45, 2.75) is 18.9 Å². The second-order valence-electron chi connectivity index (χ2n) is 6.38. The maximum Gasteiger partial charge on any atom is 0.332 e. The van der Waals surface area contributed by atoms with E-state index in [-0.39, 0.29) is 36.2 Å². The molecule has 0 bridgehead atoms. The van der Waals surface area contributed by atoms with Gasteiger partial charge in [-0.15, -0.1) is 0 Å². The smallest absolute Gasteiger partial charge is 0.332 e. The SMILES string of the molecule is O=C(c1ccno1)N1CCC(N2CC(=O)N(c3ccccc3)C2=O)CC1. The topological polar surface area (TPSA) is 87.0 Å². The van der Waals surface area contributed by atoms with Gasteiger partial charge in [0.2, 0.25) is 5.76 Å². The van der Waals surface area contributed by atoms with Crippen LogP contribution in [0, 0.1) is 0 Å². The van der Waals surface area contributed by atoms with Gasteiger partial charge in [0.15, 0.2) is 0 Å². The van der Waals surface area contributed by atoms with Crippen LogP contribution in [-0.4, -0.2) is 58.5 Å². The molecule has 4 amide bonds. The maximum atomic E-state index is 12.7. The number of benzene rings is 1. The fourth-order valence-electron chi connectivity index (χ4n) is 3.50. The fraction of sp³-hybridized carbons (Fsp3) is 0.333. The third kappa shape index (κ3) is 2.83. The molecule has 2 aliphatic heterocycles. The predicted molar refractivity (Wildman–Crippen MR) is 91.5 cm³/mol. The van der Waals surface area contributed by atoms with E-state index < -0.39 is 0 Å².